The van der Waals surface area contributed by atoms with Crippen LogP contribution in [0.4, 0.5) is 10.5 Å². The van der Waals surface area contributed by atoms with Gasteiger partial charge in [-0.2, -0.15) is 0 Å². The molecule has 1 aliphatic heterocycles. The van der Waals surface area contributed by atoms with Crippen molar-refractivity contribution in [1.82, 2.24) is 14.8 Å². The third-order valence-corrected chi connectivity index (χ3v) is 4.58. The van der Waals surface area contributed by atoms with E-state index in [-0.39, 0.29) is 29.8 Å². The number of pyridine rings is 1. The fraction of sp³-hybridized carbons (Fsp3) is 0.632. The van der Waals surface area contributed by atoms with Gasteiger partial charge in [-0.15, -0.1) is 0 Å². The van der Waals surface area contributed by atoms with Gasteiger partial charge in [0, 0.05) is 25.3 Å². The summed E-state index contributed by atoms with van der Waals surface area (Å²) in [7, 11) is 0. The average molecular weight is 378 g/mol. The van der Waals surface area contributed by atoms with Gasteiger partial charge in [0.15, 0.2) is 0 Å². The van der Waals surface area contributed by atoms with Crippen molar-refractivity contribution in [2.75, 3.05) is 25.4 Å². The Kier molecular flexibility index (Phi) is 6.51. The zero-order chi connectivity index (χ0) is 20.2. The summed E-state index contributed by atoms with van der Waals surface area (Å²) >= 11 is 0. The molecule has 2 heterocycles. The second-order valence-corrected chi connectivity index (χ2v) is 8.04. The Bertz CT molecular complexity index is 743. The van der Waals surface area contributed by atoms with Crippen LogP contribution in [-0.2, 0) is 16.1 Å². The lowest BCUT2D eigenvalue weighted by Crippen LogP contribution is -2.44. The van der Waals surface area contributed by atoms with Gasteiger partial charge in [0.25, 0.3) is 5.56 Å². The molecule has 1 aromatic rings. The van der Waals surface area contributed by atoms with Crippen LogP contribution in [-0.4, -0.2) is 46.7 Å². The molecule has 0 unspecified atom stereocenters. The maximum Gasteiger partial charge on any atom is 0.410 e. The summed E-state index contributed by atoms with van der Waals surface area (Å²) in [5.74, 6) is 0.0756. The first-order chi connectivity index (χ1) is 12.6. The Labute approximate surface area is 159 Å². The average Bonchev–Trinajstić information content (AvgIpc) is 2.59. The normalized spacial score (nSPS) is 15.5. The summed E-state index contributed by atoms with van der Waals surface area (Å²) in [6.07, 6.45) is 1.31. The number of aromatic nitrogens is 1. The van der Waals surface area contributed by atoms with Gasteiger partial charge in [0.05, 0.1) is 5.69 Å². The third kappa shape index (κ3) is 6.01. The van der Waals surface area contributed by atoms with Gasteiger partial charge >= 0.3 is 6.09 Å². The maximum absolute atomic E-state index is 12.2. The number of hydrogen-bond acceptors (Lipinski definition) is 5. The molecule has 0 radical (unpaired) electrons. The Morgan fingerprint density at radius 1 is 1.26 bits per heavy atom. The monoisotopic (exact) mass is 378 g/mol. The van der Waals surface area contributed by atoms with Crippen LogP contribution in [0.3, 0.4) is 0 Å². The molecule has 150 valence electrons. The highest BCUT2D eigenvalue weighted by Crippen LogP contribution is 2.19. The highest BCUT2D eigenvalue weighted by Gasteiger charge is 2.27. The van der Waals surface area contributed by atoms with Gasteiger partial charge in [-0.25, -0.2) is 4.79 Å². The van der Waals surface area contributed by atoms with Crippen LogP contribution in [0.2, 0.25) is 0 Å². The zero-order valence-electron chi connectivity index (χ0n) is 16.6. The fourth-order valence-electron chi connectivity index (χ4n) is 2.99. The predicted molar refractivity (Wildman–Crippen MR) is 103 cm³/mol. The summed E-state index contributed by atoms with van der Waals surface area (Å²) in [6.45, 7) is 9.01. The van der Waals surface area contributed by atoms with E-state index in [1.54, 1.807) is 24.0 Å². The van der Waals surface area contributed by atoms with Gasteiger partial charge in [0.1, 0.15) is 12.1 Å². The van der Waals surface area contributed by atoms with Crippen molar-refractivity contribution in [2.45, 2.75) is 52.7 Å². The van der Waals surface area contributed by atoms with E-state index in [2.05, 4.69) is 5.32 Å². The van der Waals surface area contributed by atoms with Crippen LogP contribution >= 0.6 is 0 Å². The van der Waals surface area contributed by atoms with E-state index in [0.29, 0.717) is 31.2 Å². The van der Waals surface area contributed by atoms with Gasteiger partial charge in [-0.05, 0) is 58.6 Å². The minimum atomic E-state index is -0.501. The number of likely N-dealkylation sites (tertiary alicyclic amines) is 1. The molecule has 0 bridgehead atoms. The number of nitrogen functional groups attached to an aromatic ring is 1. The first kappa shape index (κ1) is 20.8. The smallest absolute Gasteiger partial charge is 0.410 e. The van der Waals surface area contributed by atoms with Gasteiger partial charge in [-0.3, -0.25) is 9.59 Å². The van der Waals surface area contributed by atoms with Crippen LogP contribution in [0, 0.1) is 12.8 Å². The zero-order valence-corrected chi connectivity index (χ0v) is 16.6. The molecule has 1 fully saturated rings. The third-order valence-electron chi connectivity index (χ3n) is 4.58. The van der Waals surface area contributed by atoms with E-state index in [4.69, 9.17) is 10.5 Å². The lowest BCUT2D eigenvalue weighted by molar-refractivity contribution is -0.122. The Morgan fingerprint density at radius 2 is 1.89 bits per heavy atom. The lowest BCUT2D eigenvalue weighted by atomic mass is 9.97. The largest absolute Gasteiger partial charge is 0.444 e. The van der Waals surface area contributed by atoms with E-state index in [9.17, 15) is 14.4 Å². The van der Waals surface area contributed by atoms with Crippen molar-refractivity contribution >= 4 is 17.7 Å². The van der Waals surface area contributed by atoms with Crippen LogP contribution in [0.5, 0.6) is 0 Å². The molecule has 1 aliphatic rings. The lowest BCUT2D eigenvalue weighted by Gasteiger charge is -2.33. The fourth-order valence-corrected chi connectivity index (χ4v) is 2.99. The second kappa shape index (κ2) is 8.45. The van der Waals surface area contributed by atoms with E-state index in [0.717, 1.165) is 12.8 Å². The quantitative estimate of drug-likeness (QED) is 0.826. The van der Waals surface area contributed by atoms with E-state index in [1.165, 1.54) is 4.57 Å². The maximum atomic E-state index is 12.2. The summed E-state index contributed by atoms with van der Waals surface area (Å²) in [6, 6.07) is 3.26. The molecule has 2 amide bonds. The Morgan fingerprint density at radius 3 is 2.48 bits per heavy atom. The summed E-state index contributed by atoms with van der Waals surface area (Å²) in [5.41, 5.74) is 5.59. The molecule has 0 aliphatic carbocycles. The Hall–Kier alpha value is -2.51. The standard InChI is InChI=1S/C19H30N4O4/c1-13-5-6-15(20)17(25)23(13)12-16(24)21-11-14-7-9-22(10-8-14)18(26)27-19(2,3)4/h5-6,14H,7-12,20H2,1-4H3,(H,21,24). The topological polar surface area (TPSA) is 107 Å². The Balaban J connectivity index is 1.79. The molecule has 0 saturated carbocycles. The molecule has 27 heavy (non-hydrogen) atoms. The molecular formula is C19H30N4O4. The summed E-state index contributed by atoms with van der Waals surface area (Å²) < 4.78 is 6.75. The molecule has 1 saturated heterocycles. The number of nitrogens with one attached hydrogen (secondary N) is 1. The first-order valence-corrected chi connectivity index (χ1v) is 9.27. The van der Waals surface area contributed by atoms with E-state index < -0.39 is 5.60 Å². The number of aryl methyl sites for hydroxylation is 1. The molecule has 0 atom stereocenters. The van der Waals surface area contributed by atoms with E-state index >= 15 is 0 Å². The van der Waals surface area contributed by atoms with Crippen LogP contribution in [0.15, 0.2) is 16.9 Å². The molecule has 3 N–H and O–H groups in total. The number of carbonyl (C=O) groups excluding carboxylic acids is 2. The summed E-state index contributed by atoms with van der Waals surface area (Å²) in [4.78, 5) is 38.0. The number of anilines is 1. The number of amides is 2. The van der Waals surface area contributed by atoms with Crippen molar-refractivity contribution in [3.8, 4) is 0 Å². The molecular weight excluding hydrogens is 348 g/mol. The number of ether oxygens (including phenoxy) is 1. The molecule has 0 spiro atoms. The van der Waals surface area contributed by atoms with Gasteiger partial charge in [0.2, 0.25) is 5.91 Å². The van der Waals surface area contributed by atoms with Crippen LogP contribution in [0.25, 0.3) is 0 Å². The molecule has 0 aromatic carbocycles. The van der Waals surface area contributed by atoms with Gasteiger partial charge < -0.3 is 25.3 Å². The number of piperidine rings is 1. The number of nitrogens with two attached hydrogens (primary N) is 1. The van der Waals surface area contributed by atoms with Crippen molar-refractivity contribution in [1.29, 1.82) is 0 Å². The van der Waals surface area contributed by atoms with Crippen LogP contribution in [0.1, 0.15) is 39.3 Å². The summed E-state index contributed by atoms with van der Waals surface area (Å²) in [5, 5.41) is 2.88. The van der Waals surface area contributed by atoms with Crippen molar-refractivity contribution in [3.05, 3.63) is 28.2 Å². The second-order valence-electron chi connectivity index (χ2n) is 8.04. The van der Waals surface area contributed by atoms with Crippen molar-refractivity contribution in [2.24, 2.45) is 5.92 Å². The SMILES string of the molecule is Cc1ccc(N)c(=O)n1CC(=O)NCC1CCN(C(=O)OC(C)(C)C)CC1. The highest BCUT2D eigenvalue weighted by atomic mass is 16.6. The molecule has 8 heteroatoms. The number of hydrogen-bond donors (Lipinski definition) is 2. The van der Waals surface area contributed by atoms with Crippen molar-refractivity contribution in [3.63, 3.8) is 0 Å². The number of rotatable bonds is 4. The van der Waals surface area contributed by atoms with Crippen molar-refractivity contribution < 1.29 is 14.3 Å². The minimum absolute atomic E-state index is 0.0491. The minimum Gasteiger partial charge on any atom is -0.444 e. The number of carbonyl (C=O) groups is 2. The molecule has 1 aromatic heterocycles. The van der Waals surface area contributed by atoms with Crippen LogP contribution < -0.4 is 16.6 Å². The predicted octanol–water partition coefficient (Wildman–Crippen LogP) is 1.50. The van der Waals surface area contributed by atoms with E-state index in [1.807, 2.05) is 20.8 Å². The molecule has 2 rings (SSSR count). The molecule has 8 nitrogen and oxygen atoms in total. The highest BCUT2D eigenvalue weighted by molar-refractivity contribution is 5.75. The number of nitrogens with zero attached hydrogens (tertiary/aromatic N) is 2. The first-order valence-electron chi connectivity index (χ1n) is 9.27. The van der Waals surface area contributed by atoms with Gasteiger partial charge in [-0.1, -0.05) is 0 Å².